The Hall–Kier alpha value is -1.55. The molecule has 2 aromatic heterocycles. The number of halogens is 1. The zero-order valence-corrected chi connectivity index (χ0v) is 9.28. The number of aromatic amines is 1. The topological polar surface area (TPSA) is 37.3 Å². The second kappa shape index (κ2) is 2.97. The van der Waals surface area contributed by atoms with Crippen LogP contribution in [0.25, 0.3) is 16.1 Å². The molecule has 0 unspecified atom stereocenters. The molecule has 1 aliphatic rings. The van der Waals surface area contributed by atoms with Gasteiger partial charge >= 0.3 is 5.69 Å². The van der Waals surface area contributed by atoms with E-state index in [4.69, 9.17) is 0 Å². The van der Waals surface area contributed by atoms with Crippen molar-refractivity contribution < 1.29 is 0 Å². The van der Waals surface area contributed by atoms with Crippen molar-refractivity contribution in [3.63, 3.8) is 0 Å². The van der Waals surface area contributed by atoms with Crippen LogP contribution in [0.2, 0.25) is 0 Å². The van der Waals surface area contributed by atoms with Gasteiger partial charge in [-0.25, -0.2) is 4.79 Å². The molecule has 1 N–H and O–H groups in total. The molecule has 0 fully saturated rings. The molecule has 3 rings (SSSR count). The molecule has 74 valence electrons. The Kier molecular flexibility index (Phi) is 1.73. The van der Waals surface area contributed by atoms with Crippen LogP contribution in [0.1, 0.15) is 11.3 Å². The maximum Gasteiger partial charge on any atom is 0.330 e. The Bertz CT molecular complexity index is 661. The number of hydrogen-bond acceptors (Lipinski definition) is 1. The summed E-state index contributed by atoms with van der Waals surface area (Å²) in [6.45, 7) is 0. The SMILES string of the molecule is O=c1[nH]c2c3c(cccn13)C(Br)=CC=C2. The average Bonchev–Trinajstić information content (AvgIpc) is 2.46. The summed E-state index contributed by atoms with van der Waals surface area (Å²) in [5.74, 6) is 0. The first kappa shape index (κ1) is 8.73. The molecule has 3 nitrogen and oxygen atoms in total. The van der Waals surface area contributed by atoms with Crippen molar-refractivity contribution >= 4 is 32.0 Å². The number of nitrogens with zero attached hydrogens (tertiary/aromatic N) is 1. The minimum absolute atomic E-state index is 0.103. The highest BCUT2D eigenvalue weighted by Gasteiger charge is 2.12. The molecule has 0 aliphatic heterocycles. The standard InChI is InChI=1S/C11H7BrN2O/c12-8-4-1-5-9-10-7(8)3-2-6-14(10)11(15)13-9/h1-6H,(H,13,15). The average molecular weight is 263 g/mol. The summed E-state index contributed by atoms with van der Waals surface area (Å²) in [6.07, 6.45) is 7.54. The van der Waals surface area contributed by atoms with Gasteiger partial charge in [-0.1, -0.05) is 28.1 Å². The Morgan fingerprint density at radius 2 is 2.27 bits per heavy atom. The quantitative estimate of drug-likeness (QED) is 0.778. The third-order valence-electron chi connectivity index (χ3n) is 2.47. The van der Waals surface area contributed by atoms with Crippen LogP contribution in [-0.4, -0.2) is 9.38 Å². The first-order valence-corrected chi connectivity index (χ1v) is 5.34. The number of imidazole rings is 1. The van der Waals surface area contributed by atoms with Gasteiger partial charge in [-0.2, -0.15) is 0 Å². The van der Waals surface area contributed by atoms with E-state index >= 15 is 0 Å². The molecule has 0 atom stereocenters. The molecule has 1 aliphatic carbocycles. The number of aromatic nitrogens is 2. The lowest BCUT2D eigenvalue weighted by Crippen LogP contribution is -2.08. The molecular formula is C11H7BrN2O. The number of pyridine rings is 1. The minimum Gasteiger partial charge on any atom is -0.305 e. The van der Waals surface area contributed by atoms with Crippen LogP contribution in [0.4, 0.5) is 0 Å². The lowest BCUT2D eigenvalue weighted by Gasteiger charge is -2.01. The van der Waals surface area contributed by atoms with E-state index in [1.807, 2.05) is 30.4 Å². The van der Waals surface area contributed by atoms with Gasteiger partial charge in [0.05, 0.1) is 11.2 Å². The maximum absolute atomic E-state index is 11.6. The molecule has 0 saturated heterocycles. The summed E-state index contributed by atoms with van der Waals surface area (Å²) in [4.78, 5) is 14.4. The lowest BCUT2D eigenvalue weighted by molar-refractivity contribution is 1.06. The summed E-state index contributed by atoms with van der Waals surface area (Å²) in [5, 5.41) is 0. The predicted molar refractivity (Wildman–Crippen MR) is 64.0 cm³/mol. The van der Waals surface area contributed by atoms with E-state index < -0.39 is 0 Å². The van der Waals surface area contributed by atoms with Crippen molar-refractivity contribution in [3.05, 3.63) is 52.2 Å². The van der Waals surface area contributed by atoms with E-state index in [2.05, 4.69) is 20.9 Å². The van der Waals surface area contributed by atoms with Gasteiger partial charge in [0.15, 0.2) is 0 Å². The third kappa shape index (κ3) is 1.15. The summed E-state index contributed by atoms with van der Waals surface area (Å²) in [6, 6.07) is 3.85. The van der Waals surface area contributed by atoms with Crippen LogP contribution in [0, 0.1) is 0 Å². The van der Waals surface area contributed by atoms with Crippen molar-refractivity contribution in [3.8, 4) is 0 Å². The predicted octanol–water partition coefficient (Wildman–Crippen LogP) is 2.39. The fourth-order valence-corrected chi connectivity index (χ4v) is 2.29. The van der Waals surface area contributed by atoms with Gasteiger partial charge in [0.1, 0.15) is 0 Å². The van der Waals surface area contributed by atoms with Crippen LogP contribution in [-0.2, 0) is 0 Å². The molecule has 0 radical (unpaired) electrons. The van der Waals surface area contributed by atoms with Gasteiger partial charge in [0, 0.05) is 16.2 Å². The molecule has 0 saturated carbocycles. The third-order valence-corrected chi connectivity index (χ3v) is 3.16. The molecule has 0 spiro atoms. The maximum atomic E-state index is 11.6. The molecule has 2 heterocycles. The van der Waals surface area contributed by atoms with Crippen molar-refractivity contribution in [2.75, 3.05) is 0 Å². The lowest BCUT2D eigenvalue weighted by atomic mass is 10.2. The molecule has 15 heavy (non-hydrogen) atoms. The second-order valence-corrected chi connectivity index (χ2v) is 4.21. The van der Waals surface area contributed by atoms with E-state index in [0.29, 0.717) is 0 Å². The highest BCUT2D eigenvalue weighted by atomic mass is 79.9. The van der Waals surface area contributed by atoms with Gasteiger partial charge in [-0.15, -0.1) is 0 Å². The van der Waals surface area contributed by atoms with Gasteiger partial charge < -0.3 is 4.98 Å². The van der Waals surface area contributed by atoms with Gasteiger partial charge in [-0.05, 0) is 18.2 Å². The summed E-state index contributed by atoms with van der Waals surface area (Å²) < 4.78 is 2.60. The van der Waals surface area contributed by atoms with Crippen molar-refractivity contribution in [1.82, 2.24) is 9.38 Å². The monoisotopic (exact) mass is 262 g/mol. The van der Waals surface area contributed by atoms with Crippen molar-refractivity contribution in [2.45, 2.75) is 0 Å². The van der Waals surface area contributed by atoms with Gasteiger partial charge in [0.2, 0.25) is 0 Å². The van der Waals surface area contributed by atoms with Gasteiger partial charge in [0.25, 0.3) is 0 Å². The molecule has 2 aromatic rings. The van der Waals surface area contributed by atoms with E-state index in [1.165, 1.54) is 0 Å². The smallest absolute Gasteiger partial charge is 0.305 e. The van der Waals surface area contributed by atoms with Crippen LogP contribution in [0.3, 0.4) is 0 Å². The fraction of sp³-hybridized carbons (Fsp3) is 0. The van der Waals surface area contributed by atoms with Crippen LogP contribution < -0.4 is 5.69 Å². The van der Waals surface area contributed by atoms with E-state index in [9.17, 15) is 4.79 Å². The molecule has 0 bridgehead atoms. The minimum atomic E-state index is -0.103. The number of hydrogen-bond donors (Lipinski definition) is 1. The largest absolute Gasteiger partial charge is 0.330 e. The van der Waals surface area contributed by atoms with E-state index in [-0.39, 0.29) is 5.69 Å². The first-order chi connectivity index (χ1) is 7.27. The second-order valence-electron chi connectivity index (χ2n) is 3.36. The molecular weight excluding hydrogens is 256 g/mol. The Balaban J connectivity index is 2.61. The fourth-order valence-electron chi connectivity index (χ4n) is 1.82. The van der Waals surface area contributed by atoms with Gasteiger partial charge in [-0.3, -0.25) is 4.40 Å². The van der Waals surface area contributed by atoms with Crippen molar-refractivity contribution in [2.24, 2.45) is 0 Å². The molecule has 0 amide bonds. The van der Waals surface area contributed by atoms with Crippen molar-refractivity contribution in [1.29, 1.82) is 0 Å². The zero-order chi connectivity index (χ0) is 10.4. The number of rotatable bonds is 0. The number of H-pyrrole nitrogens is 1. The Labute approximate surface area is 93.9 Å². The molecule has 0 aromatic carbocycles. The van der Waals surface area contributed by atoms with Crippen LogP contribution in [0.5, 0.6) is 0 Å². The Morgan fingerprint density at radius 3 is 3.13 bits per heavy atom. The first-order valence-electron chi connectivity index (χ1n) is 4.55. The van der Waals surface area contributed by atoms with E-state index in [0.717, 1.165) is 21.3 Å². The normalized spacial score (nSPS) is 14.1. The molecule has 4 heteroatoms. The van der Waals surface area contributed by atoms with Crippen LogP contribution >= 0.6 is 15.9 Å². The zero-order valence-electron chi connectivity index (χ0n) is 7.70. The Morgan fingerprint density at radius 1 is 1.40 bits per heavy atom. The summed E-state index contributed by atoms with van der Waals surface area (Å²) in [5.41, 5.74) is 2.69. The highest BCUT2D eigenvalue weighted by molar-refractivity contribution is 9.15. The number of allylic oxidation sites excluding steroid dienone is 2. The number of nitrogens with one attached hydrogen (secondary N) is 1. The van der Waals surface area contributed by atoms with E-state index in [1.54, 1.807) is 10.6 Å². The summed E-state index contributed by atoms with van der Waals surface area (Å²) >= 11 is 3.49. The summed E-state index contributed by atoms with van der Waals surface area (Å²) in [7, 11) is 0. The van der Waals surface area contributed by atoms with Crippen LogP contribution in [0.15, 0.2) is 35.3 Å². The highest BCUT2D eigenvalue weighted by Crippen LogP contribution is 2.29.